The molecule has 1 atom stereocenters. The van der Waals surface area contributed by atoms with Gasteiger partial charge in [0.1, 0.15) is 0 Å². The summed E-state index contributed by atoms with van der Waals surface area (Å²) in [4.78, 5) is 14.5. The highest BCUT2D eigenvalue weighted by Crippen LogP contribution is 2.16. The quantitative estimate of drug-likeness (QED) is 0.826. The summed E-state index contributed by atoms with van der Waals surface area (Å²) >= 11 is 0. The first-order chi connectivity index (χ1) is 11.2. The molecule has 0 aromatic heterocycles. The van der Waals surface area contributed by atoms with Crippen LogP contribution < -0.4 is 10.2 Å². The second-order valence-electron chi connectivity index (χ2n) is 5.59. The number of hydrogen-bond donors (Lipinski definition) is 2. The highest BCUT2D eigenvalue weighted by molar-refractivity contribution is 5.94. The van der Waals surface area contributed by atoms with Crippen molar-refractivity contribution < 1.29 is 9.90 Å². The smallest absolute Gasteiger partial charge is 0.251 e. The second-order valence-corrected chi connectivity index (χ2v) is 5.59. The number of carbonyl (C=O) groups is 1. The van der Waals surface area contributed by atoms with E-state index >= 15 is 0 Å². The molecule has 0 aliphatic rings. The summed E-state index contributed by atoms with van der Waals surface area (Å²) in [5, 5.41) is 12.4. The van der Waals surface area contributed by atoms with Gasteiger partial charge in [0.25, 0.3) is 5.91 Å². The summed E-state index contributed by atoms with van der Waals surface area (Å²) < 4.78 is 0. The van der Waals surface area contributed by atoms with Gasteiger partial charge in [0.15, 0.2) is 0 Å². The van der Waals surface area contributed by atoms with Gasteiger partial charge in [0, 0.05) is 24.8 Å². The highest BCUT2D eigenvalue weighted by Gasteiger charge is 2.14. The van der Waals surface area contributed by atoms with Gasteiger partial charge < -0.3 is 15.3 Å². The van der Waals surface area contributed by atoms with Gasteiger partial charge in [-0.2, -0.15) is 0 Å². The number of aliphatic hydroxyl groups excluding tert-OH is 1. The van der Waals surface area contributed by atoms with Gasteiger partial charge in [-0.25, -0.2) is 0 Å². The Labute approximate surface area is 137 Å². The summed E-state index contributed by atoms with van der Waals surface area (Å²) in [6.45, 7) is 2.98. The Kier molecular flexibility index (Phi) is 6.18. The van der Waals surface area contributed by atoms with Gasteiger partial charge in [-0.3, -0.25) is 4.79 Å². The Morgan fingerprint density at radius 3 is 2.35 bits per heavy atom. The number of benzene rings is 2. The minimum Gasteiger partial charge on any atom is -0.394 e. The molecule has 4 nitrogen and oxygen atoms in total. The van der Waals surface area contributed by atoms with Gasteiger partial charge in [-0.1, -0.05) is 37.3 Å². The molecule has 0 saturated heterocycles. The SMILES string of the molecule is CCCN(C)c1ccc(C(=O)N[C@H](CO)c2ccccc2)cc1. The van der Waals surface area contributed by atoms with Crippen molar-refractivity contribution in [3.63, 3.8) is 0 Å². The van der Waals surface area contributed by atoms with Gasteiger partial charge in [0.2, 0.25) is 0 Å². The van der Waals surface area contributed by atoms with Crippen LogP contribution in [0.3, 0.4) is 0 Å². The molecule has 0 spiro atoms. The molecule has 0 radical (unpaired) electrons. The summed E-state index contributed by atoms with van der Waals surface area (Å²) in [5.41, 5.74) is 2.57. The van der Waals surface area contributed by atoms with Crippen molar-refractivity contribution >= 4 is 11.6 Å². The lowest BCUT2D eigenvalue weighted by Gasteiger charge is -2.19. The number of hydrogen-bond acceptors (Lipinski definition) is 3. The molecule has 1 amide bonds. The van der Waals surface area contributed by atoms with Crippen LogP contribution in [0.15, 0.2) is 54.6 Å². The number of aliphatic hydroxyl groups is 1. The van der Waals surface area contributed by atoms with Crippen LogP contribution >= 0.6 is 0 Å². The van der Waals surface area contributed by atoms with E-state index in [0.717, 1.165) is 24.2 Å². The summed E-state index contributed by atoms with van der Waals surface area (Å²) in [5.74, 6) is -0.183. The first-order valence-corrected chi connectivity index (χ1v) is 7.93. The molecule has 2 rings (SSSR count). The average molecular weight is 312 g/mol. The van der Waals surface area contributed by atoms with Crippen LogP contribution in [-0.4, -0.2) is 31.2 Å². The van der Waals surface area contributed by atoms with Gasteiger partial charge in [0.05, 0.1) is 12.6 Å². The van der Waals surface area contributed by atoms with Crippen molar-refractivity contribution in [1.82, 2.24) is 5.32 Å². The van der Waals surface area contributed by atoms with Gasteiger partial charge in [-0.05, 0) is 36.2 Å². The molecule has 122 valence electrons. The molecule has 0 heterocycles. The third-order valence-corrected chi connectivity index (χ3v) is 3.82. The maximum absolute atomic E-state index is 12.4. The van der Waals surface area contributed by atoms with Crippen molar-refractivity contribution in [2.45, 2.75) is 19.4 Å². The third-order valence-electron chi connectivity index (χ3n) is 3.82. The molecule has 0 aliphatic carbocycles. The first-order valence-electron chi connectivity index (χ1n) is 7.93. The molecule has 23 heavy (non-hydrogen) atoms. The van der Waals surface area contributed by atoms with E-state index < -0.39 is 6.04 Å². The van der Waals surface area contributed by atoms with Gasteiger partial charge >= 0.3 is 0 Å². The minimum absolute atomic E-state index is 0.132. The first kappa shape index (κ1) is 17.0. The molecule has 2 N–H and O–H groups in total. The fourth-order valence-corrected chi connectivity index (χ4v) is 2.49. The minimum atomic E-state index is -0.397. The van der Waals surface area contributed by atoms with E-state index in [2.05, 4.69) is 17.1 Å². The van der Waals surface area contributed by atoms with Crippen LogP contribution in [0.1, 0.15) is 35.3 Å². The van der Waals surface area contributed by atoms with E-state index in [1.54, 1.807) is 0 Å². The van der Waals surface area contributed by atoms with Crippen LogP contribution in [0.25, 0.3) is 0 Å². The summed E-state index contributed by atoms with van der Waals surface area (Å²) in [6.07, 6.45) is 1.08. The topological polar surface area (TPSA) is 52.6 Å². The Bertz CT molecular complexity index is 611. The van der Waals surface area contributed by atoms with Gasteiger partial charge in [-0.15, -0.1) is 0 Å². The van der Waals surface area contributed by atoms with E-state index in [4.69, 9.17) is 0 Å². The number of nitrogens with one attached hydrogen (secondary N) is 1. The maximum Gasteiger partial charge on any atom is 0.251 e. The highest BCUT2D eigenvalue weighted by atomic mass is 16.3. The molecule has 4 heteroatoms. The van der Waals surface area contributed by atoms with Crippen LogP contribution in [-0.2, 0) is 0 Å². The average Bonchev–Trinajstić information content (AvgIpc) is 2.60. The van der Waals surface area contributed by atoms with Crippen LogP contribution in [0, 0.1) is 0 Å². The fourth-order valence-electron chi connectivity index (χ4n) is 2.49. The molecular weight excluding hydrogens is 288 g/mol. The Balaban J connectivity index is 2.05. The lowest BCUT2D eigenvalue weighted by Crippen LogP contribution is -2.30. The summed E-state index contributed by atoms with van der Waals surface area (Å²) in [6, 6.07) is 16.6. The van der Waals surface area contributed by atoms with Crippen molar-refractivity contribution in [2.24, 2.45) is 0 Å². The fraction of sp³-hybridized carbons (Fsp3) is 0.316. The monoisotopic (exact) mass is 312 g/mol. The predicted octanol–water partition coefficient (Wildman–Crippen LogP) is 3.00. The molecule has 0 unspecified atom stereocenters. The molecule has 2 aromatic carbocycles. The maximum atomic E-state index is 12.4. The standard InChI is InChI=1S/C19H24N2O2/c1-3-13-21(2)17-11-9-16(10-12-17)19(23)20-18(14-22)15-7-5-4-6-8-15/h4-12,18,22H,3,13-14H2,1-2H3,(H,20,23)/t18-/m1/s1. The summed E-state index contributed by atoms with van der Waals surface area (Å²) in [7, 11) is 2.04. The number of nitrogens with zero attached hydrogens (tertiary/aromatic N) is 1. The van der Waals surface area contributed by atoms with Crippen LogP contribution in [0.5, 0.6) is 0 Å². The number of amides is 1. The van der Waals surface area contributed by atoms with E-state index in [1.165, 1.54) is 0 Å². The van der Waals surface area contributed by atoms with Crippen molar-refractivity contribution in [2.75, 3.05) is 25.1 Å². The lowest BCUT2D eigenvalue weighted by molar-refractivity contribution is 0.0916. The molecular formula is C19H24N2O2. The van der Waals surface area contributed by atoms with Crippen LogP contribution in [0.4, 0.5) is 5.69 Å². The number of rotatable bonds is 7. The normalized spacial score (nSPS) is 11.8. The van der Waals surface area contributed by atoms with Crippen molar-refractivity contribution in [3.05, 3.63) is 65.7 Å². The molecule has 0 fully saturated rings. The van der Waals surface area contributed by atoms with E-state index in [9.17, 15) is 9.90 Å². The third kappa shape index (κ3) is 4.57. The van der Waals surface area contributed by atoms with E-state index in [-0.39, 0.29) is 12.5 Å². The zero-order valence-electron chi connectivity index (χ0n) is 13.7. The Morgan fingerprint density at radius 1 is 1.13 bits per heavy atom. The molecule has 0 saturated carbocycles. The second kappa shape index (κ2) is 8.34. The van der Waals surface area contributed by atoms with E-state index in [1.807, 2.05) is 61.6 Å². The Hall–Kier alpha value is -2.33. The zero-order valence-corrected chi connectivity index (χ0v) is 13.7. The molecule has 0 bridgehead atoms. The van der Waals surface area contributed by atoms with Crippen molar-refractivity contribution in [1.29, 1.82) is 0 Å². The number of anilines is 1. The molecule has 0 aliphatic heterocycles. The lowest BCUT2D eigenvalue weighted by atomic mass is 10.1. The zero-order chi connectivity index (χ0) is 16.7. The Morgan fingerprint density at radius 2 is 1.78 bits per heavy atom. The number of carbonyl (C=O) groups excluding carboxylic acids is 1. The van der Waals surface area contributed by atoms with Crippen molar-refractivity contribution in [3.8, 4) is 0 Å². The van der Waals surface area contributed by atoms with E-state index in [0.29, 0.717) is 5.56 Å². The van der Waals surface area contributed by atoms with Crippen LogP contribution in [0.2, 0.25) is 0 Å². The largest absolute Gasteiger partial charge is 0.394 e. The predicted molar refractivity (Wildman–Crippen MR) is 93.7 cm³/mol. The molecule has 2 aromatic rings.